The van der Waals surface area contributed by atoms with Gasteiger partial charge in [0.1, 0.15) is 0 Å². The second-order valence-corrected chi connectivity index (χ2v) is 3.24. The van der Waals surface area contributed by atoms with Gasteiger partial charge in [-0.05, 0) is 0 Å². The molecule has 63 valence electrons. The van der Waals surface area contributed by atoms with Crippen LogP contribution in [-0.2, 0) is 4.79 Å². The van der Waals surface area contributed by atoms with Crippen LogP contribution in [0, 0.1) is 0 Å². The number of carboxylic acid groups (broad SMARTS) is 1. The second kappa shape index (κ2) is 5.39. The van der Waals surface area contributed by atoms with Crippen LogP contribution >= 0.6 is 0 Å². The Labute approximate surface area is 79.2 Å². The van der Waals surface area contributed by atoms with Crippen LogP contribution in [-0.4, -0.2) is 62.8 Å². The van der Waals surface area contributed by atoms with E-state index in [0.29, 0.717) is 6.54 Å². The van der Waals surface area contributed by atoms with Crippen molar-refractivity contribution in [1.82, 2.24) is 4.90 Å². The van der Waals surface area contributed by atoms with E-state index in [9.17, 15) is 4.79 Å². The molecular weight excluding hydrogens is 260 g/mol. The van der Waals surface area contributed by atoms with Crippen molar-refractivity contribution in [3.63, 3.8) is 0 Å². The molecule has 0 aromatic carbocycles. The Morgan fingerprint density at radius 2 is 2.18 bits per heavy atom. The molecule has 0 bridgehead atoms. The molecule has 0 saturated heterocycles. The molecule has 0 rings (SSSR count). The molecule has 1 N–H and O–H groups in total. The minimum absolute atomic E-state index is 0.104. The van der Waals surface area contributed by atoms with Crippen LogP contribution in [0.25, 0.3) is 0 Å². The van der Waals surface area contributed by atoms with Crippen molar-refractivity contribution in [2.45, 2.75) is 6.42 Å². The summed E-state index contributed by atoms with van der Waals surface area (Å²) >= 11 is 1.78. The van der Waals surface area contributed by atoms with Crippen LogP contribution in [0.1, 0.15) is 6.42 Å². The molecule has 0 spiro atoms. The van der Waals surface area contributed by atoms with Gasteiger partial charge >= 0.3 is 79.0 Å². The molecule has 0 amide bonds. The molecule has 4 nitrogen and oxygen atoms in total. The number of carbonyl (C=O) groups is 1. The average Bonchev–Trinajstić information content (AvgIpc) is 1.86. The van der Waals surface area contributed by atoms with E-state index < -0.39 is 5.97 Å². The molecule has 0 unspecified atom stereocenters. The number of aliphatic imine (C=N–C) groups is 1. The molecule has 0 saturated carbocycles. The van der Waals surface area contributed by atoms with E-state index in [4.69, 9.17) is 5.11 Å². The number of hydrogen-bond acceptors (Lipinski definition) is 2. The molecule has 0 fully saturated rings. The van der Waals surface area contributed by atoms with Crippen molar-refractivity contribution in [2.75, 3.05) is 20.6 Å². The summed E-state index contributed by atoms with van der Waals surface area (Å²) in [5, 5.41) is 8.28. The summed E-state index contributed by atoms with van der Waals surface area (Å²) in [5.74, 6) is -0.804. The van der Waals surface area contributed by atoms with Crippen molar-refractivity contribution in [2.24, 2.45) is 4.99 Å². The summed E-state index contributed by atoms with van der Waals surface area (Å²) in [7, 11) is 3.75. The van der Waals surface area contributed by atoms with Gasteiger partial charge in [-0.25, -0.2) is 0 Å². The van der Waals surface area contributed by atoms with E-state index in [0.717, 1.165) is 3.88 Å². The van der Waals surface area contributed by atoms with E-state index >= 15 is 0 Å². The van der Waals surface area contributed by atoms with Crippen molar-refractivity contribution in [3.8, 4) is 0 Å². The number of hydrogen-bond donors (Lipinski definition) is 1. The summed E-state index contributed by atoms with van der Waals surface area (Å²) in [6.45, 7) is 0.363. The fraction of sp³-hybridized carbons (Fsp3) is 0.667. The van der Waals surface area contributed by atoms with E-state index in [1.807, 2.05) is 19.0 Å². The third-order valence-corrected chi connectivity index (χ3v) is 2.37. The molecule has 0 aliphatic carbocycles. The fourth-order valence-corrected chi connectivity index (χ4v) is 0.649. The molecule has 5 heteroatoms. The SMILES string of the molecule is CN(C)C([Te])=NCCC(=O)O. The summed E-state index contributed by atoms with van der Waals surface area (Å²) in [6.07, 6.45) is 0.104. The van der Waals surface area contributed by atoms with E-state index in [-0.39, 0.29) is 6.42 Å². The number of carboxylic acids is 1. The van der Waals surface area contributed by atoms with Gasteiger partial charge in [0, 0.05) is 0 Å². The van der Waals surface area contributed by atoms with Crippen LogP contribution in [0.15, 0.2) is 4.99 Å². The van der Waals surface area contributed by atoms with Crippen LogP contribution in [0.2, 0.25) is 0 Å². The Balaban J connectivity index is 3.65. The topological polar surface area (TPSA) is 52.9 Å². The van der Waals surface area contributed by atoms with Gasteiger partial charge in [0.15, 0.2) is 0 Å². The second-order valence-electron chi connectivity index (χ2n) is 2.20. The van der Waals surface area contributed by atoms with Gasteiger partial charge in [-0.15, -0.1) is 0 Å². The summed E-state index contributed by atoms with van der Waals surface area (Å²) < 4.78 is 0.863. The number of aliphatic carboxylic acids is 1. The van der Waals surface area contributed by atoms with Gasteiger partial charge in [-0.3, -0.25) is 0 Å². The molecule has 0 heterocycles. The quantitative estimate of drug-likeness (QED) is 0.429. The Morgan fingerprint density at radius 3 is 2.55 bits per heavy atom. The molecule has 11 heavy (non-hydrogen) atoms. The van der Waals surface area contributed by atoms with E-state index in [1.54, 1.807) is 22.3 Å². The summed E-state index contributed by atoms with van der Waals surface area (Å²) in [6, 6.07) is 0. The Morgan fingerprint density at radius 1 is 1.64 bits per heavy atom. The van der Waals surface area contributed by atoms with E-state index in [2.05, 4.69) is 4.99 Å². The maximum absolute atomic E-state index is 10.1. The van der Waals surface area contributed by atoms with E-state index in [1.165, 1.54) is 0 Å². The predicted octanol–water partition coefficient (Wildman–Crippen LogP) is -0.453. The molecule has 0 aromatic heterocycles. The zero-order valence-corrected chi connectivity index (χ0v) is 8.90. The normalized spacial score (nSPS) is 11.3. The zero-order valence-electron chi connectivity index (χ0n) is 6.57. The molecule has 0 aliphatic heterocycles. The first-order valence-electron chi connectivity index (χ1n) is 3.14. The van der Waals surface area contributed by atoms with Crippen LogP contribution in [0.4, 0.5) is 0 Å². The Kier molecular flexibility index (Phi) is 5.26. The van der Waals surface area contributed by atoms with Crippen molar-refractivity contribution in [1.29, 1.82) is 0 Å². The van der Waals surface area contributed by atoms with Gasteiger partial charge in [0.25, 0.3) is 0 Å². The van der Waals surface area contributed by atoms with Gasteiger partial charge in [-0.2, -0.15) is 0 Å². The van der Waals surface area contributed by atoms with Gasteiger partial charge < -0.3 is 0 Å². The molecule has 0 atom stereocenters. The first-order valence-corrected chi connectivity index (χ1v) is 4.31. The Bertz CT molecular complexity index is 168. The average molecular weight is 271 g/mol. The van der Waals surface area contributed by atoms with Gasteiger partial charge in [0.05, 0.1) is 0 Å². The molecule has 0 aromatic rings. The fourth-order valence-electron chi connectivity index (χ4n) is 0.389. The molecular formula is C6H11N2O2Te. The third kappa shape index (κ3) is 6.14. The van der Waals surface area contributed by atoms with Crippen molar-refractivity contribution < 1.29 is 9.90 Å². The van der Waals surface area contributed by atoms with Crippen molar-refractivity contribution in [3.05, 3.63) is 0 Å². The van der Waals surface area contributed by atoms with Gasteiger partial charge in [0.2, 0.25) is 0 Å². The first kappa shape index (κ1) is 10.7. The Hall–Kier alpha value is -0.270. The third-order valence-electron chi connectivity index (χ3n) is 0.955. The van der Waals surface area contributed by atoms with Crippen molar-refractivity contribution >= 4 is 32.1 Å². The van der Waals surface area contributed by atoms with Crippen LogP contribution in [0.3, 0.4) is 0 Å². The zero-order chi connectivity index (χ0) is 8.85. The maximum atomic E-state index is 10.1. The molecule has 1 radical (unpaired) electrons. The number of rotatable bonds is 3. The monoisotopic (exact) mass is 273 g/mol. The minimum atomic E-state index is -0.804. The summed E-state index contributed by atoms with van der Waals surface area (Å²) in [5.41, 5.74) is 0. The standard InChI is InChI=1S/C6H11N2O2Te/c1-8(2)6(11)7-4-3-5(9)10/h3-4H2,1-2H3,(H,9,10). The predicted molar refractivity (Wildman–Crippen MR) is 44.0 cm³/mol. The molecule has 0 aliphatic rings. The number of amidine groups is 1. The van der Waals surface area contributed by atoms with Gasteiger partial charge in [-0.1, -0.05) is 0 Å². The first-order chi connectivity index (χ1) is 5.04. The number of nitrogens with zero attached hydrogens (tertiary/aromatic N) is 2. The summed E-state index contributed by atoms with van der Waals surface area (Å²) in [4.78, 5) is 16.0. The van der Waals surface area contributed by atoms with Crippen LogP contribution < -0.4 is 0 Å². The van der Waals surface area contributed by atoms with Crippen LogP contribution in [0.5, 0.6) is 0 Å².